The predicted molar refractivity (Wildman–Crippen MR) is 184 cm³/mol. The number of nitrogens with zero attached hydrogens (tertiary/aromatic N) is 4. The first-order valence-electron chi connectivity index (χ1n) is 16.3. The Balaban J connectivity index is 1.10. The number of hydrogen-bond donors (Lipinski definition) is 2. The molecule has 3 aromatic carbocycles. The van der Waals surface area contributed by atoms with E-state index in [1.54, 1.807) is 12.1 Å². The Kier molecular flexibility index (Phi) is 11.3. The van der Waals surface area contributed by atoms with Crippen LogP contribution in [0.3, 0.4) is 0 Å². The van der Waals surface area contributed by atoms with E-state index in [4.69, 9.17) is 14.2 Å². The molecular weight excluding hydrogens is 692 g/mol. The van der Waals surface area contributed by atoms with Crippen LogP contribution < -0.4 is 25.0 Å². The van der Waals surface area contributed by atoms with Crippen molar-refractivity contribution >= 4 is 40.3 Å². The van der Waals surface area contributed by atoms with E-state index in [1.165, 1.54) is 25.4 Å². The molecule has 1 aromatic heterocycles. The van der Waals surface area contributed by atoms with Gasteiger partial charge in [-0.2, -0.15) is 0 Å². The number of pyridine rings is 1. The Hall–Kier alpha value is -4.80. The summed E-state index contributed by atoms with van der Waals surface area (Å²) < 4.78 is 75.7. The molecular formula is C35H36F4N6O5S. The number of piperazine rings is 1. The van der Waals surface area contributed by atoms with Crippen LogP contribution in [-0.4, -0.2) is 90.5 Å². The molecule has 0 spiro atoms. The van der Waals surface area contributed by atoms with E-state index in [0.29, 0.717) is 35.1 Å². The predicted octanol–water partition coefficient (Wildman–Crippen LogP) is 6.31. The summed E-state index contributed by atoms with van der Waals surface area (Å²) in [5.74, 6) is -4.36. The van der Waals surface area contributed by atoms with Crippen molar-refractivity contribution in [2.45, 2.75) is 18.7 Å². The third-order valence-corrected chi connectivity index (χ3v) is 9.76. The molecule has 2 aliphatic heterocycles. The van der Waals surface area contributed by atoms with Gasteiger partial charge in [-0.1, -0.05) is 13.0 Å². The van der Waals surface area contributed by atoms with Gasteiger partial charge in [0.25, 0.3) is 5.91 Å². The van der Waals surface area contributed by atoms with Crippen molar-refractivity contribution in [2.24, 2.45) is 0 Å². The second-order valence-corrected chi connectivity index (χ2v) is 12.9. The van der Waals surface area contributed by atoms with Crippen molar-refractivity contribution in [3.05, 3.63) is 83.6 Å². The fraction of sp³-hybridized carbons (Fsp3) is 0.343. The average Bonchev–Trinajstić information content (AvgIpc) is 3.46. The van der Waals surface area contributed by atoms with Gasteiger partial charge in [-0.3, -0.25) is 9.78 Å². The van der Waals surface area contributed by atoms with Gasteiger partial charge in [0.2, 0.25) is 0 Å². The van der Waals surface area contributed by atoms with Crippen LogP contribution in [0.5, 0.6) is 23.0 Å². The molecule has 16 heteroatoms. The van der Waals surface area contributed by atoms with Crippen LogP contribution in [-0.2, 0) is 4.79 Å². The minimum atomic E-state index is -1.13. The Bertz CT molecular complexity index is 1890. The van der Waals surface area contributed by atoms with Crippen LogP contribution in [0.4, 0.5) is 28.0 Å². The highest BCUT2D eigenvalue weighted by molar-refractivity contribution is 8.00. The number of amides is 3. The summed E-state index contributed by atoms with van der Waals surface area (Å²) in [6, 6.07) is 8.28. The van der Waals surface area contributed by atoms with Gasteiger partial charge in [0.05, 0.1) is 25.0 Å². The Labute approximate surface area is 295 Å². The number of hydrogen-bond acceptors (Lipinski definition) is 9. The van der Waals surface area contributed by atoms with Gasteiger partial charge in [-0.25, -0.2) is 32.8 Å². The van der Waals surface area contributed by atoms with E-state index in [0.717, 1.165) is 80.7 Å². The zero-order valence-corrected chi connectivity index (χ0v) is 28.7. The van der Waals surface area contributed by atoms with E-state index >= 15 is 8.78 Å². The molecule has 11 nitrogen and oxygen atoms in total. The molecule has 270 valence electrons. The number of carbonyl (C=O) groups excluding carboxylic acids is 2. The number of anilines is 1. The fourth-order valence-corrected chi connectivity index (χ4v) is 7.00. The number of methoxy groups -OCH3 is 1. The largest absolute Gasteiger partial charge is 0.493 e. The SMILES string of the molecule is CCN1CCN(CCCOc2cc3nccc(Oc4c(F)cc(NC(=O)NN5C(=O)CSC5c5ccc(F)cc5F)cc4F)c3cc2OC)CC1. The lowest BCUT2D eigenvalue weighted by molar-refractivity contribution is -0.130. The molecule has 2 N–H and O–H groups in total. The van der Waals surface area contributed by atoms with Gasteiger partial charge >= 0.3 is 6.03 Å². The molecule has 1 unspecified atom stereocenters. The molecule has 1 atom stereocenters. The number of likely N-dealkylation sites (N-methyl/N-ethyl adjacent to an activating group) is 1. The quantitative estimate of drug-likeness (QED) is 0.128. The van der Waals surface area contributed by atoms with Crippen LogP contribution in [0.2, 0.25) is 0 Å². The maximum absolute atomic E-state index is 15.3. The number of halogens is 4. The zero-order chi connectivity index (χ0) is 36.1. The van der Waals surface area contributed by atoms with E-state index in [9.17, 15) is 18.4 Å². The number of urea groups is 1. The Morgan fingerprint density at radius 1 is 0.941 bits per heavy atom. The standard InChI is InChI=1S/C35H36F4N6O5S/c1-3-43-10-12-44(13-11-43)9-4-14-49-31-19-28-24(18-30(31)48-2)29(7-8-40-28)50-33-26(38)16-22(17-27(33)39)41-35(47)42-45-32(46)20-51-34(45)23-6-5-21(36)15-25(23)37/h5-8,15-19,34H,3-4,9-14,20H2,1-2H3,(H2,41,42,47). The monoisotopic (exact) mass is 728 g/mol. The highest BCUT2D eigenvalue weighted by Crippen LogP contribution is 2.40. The van der Waals surface area contributed by atoms with Crippen molar-refractivity contribution in [3.8, 4) is 23.0 Å². The van der Waals surface area contributed by atoms with Gasteiger partial charge in [-0.15, -0.1) is 11.8 Å². The summed E-state index contributed by atoms with van der Waals surface area (Å²) in [5, 5.41) is 2.56. The van der Waals surface area contributed by atoms with Gasteiger partial charge in [0, 0.05) is 79.8 Å². The Morgan fingerprint density at radius 2 is 1.69 bits per heavy atom. The van der Waals surface area contributed by atoms with Crippen LogP contribution in [0.1, 0.15) is 24.3 Å². The second-order valence-electron chi connectivity index (χ2n) is 11.8. The summed E-state index contributed by atoms with van der Waals surface area (Å²) in [4.78, 5) is 34.4. The van der Waals surface area contributed by atoms with Crippen molar-refractivity contribution < 1.29 is 41.4 Å². The second kappa shape index (κ2) is 16.0. The smallest absolute Gasteiger partial charge is 0.338 e. The third-order valence-electron chi connectivity index (χ3n) is 8.56. The molecule has 2 aliphatic rings. The molecule has 0 aliphatic carbocycles. The van der Waals surface area contributed by atoms with E-state index < -0.39 is 46.3 Å². The van der Waals surface area contributed by atoms with E-state index in [1.807, 2.05) is 0 Å². The molecule has 2 saturated heterocycles. The maximum Gasteiger partial charge on any atom is 0.338 e. The molecule has 0 saturated carbocycles. The third kappa shape index (κ3) is 8.40. The first-order valence-corrected chi connectivity index (χ1v) is 17.4. The van der Waals surface area contributed by atoms with Gasteiger partial charge in [-0.05, 0) is 31.2 Å². The molecule has 3 heterocycles. The number of benzene rings is 3. The first kappa shape index (κ1) is 36.0. The maximum atomic E-state index is 15.3. The van der Waals surface area contributed by atoms with Crippen molar-refractivity contribution in [1.82, 2.24) is 25.2 Å². The molecule has 51 heavy (non-hydrogen) atoms. The highest BCUT2D eigenvalue weighted by atomic mass is 32.2. The van der Waals surface area contributed by atoms with Crippen molar-refractivity contribution in [1.29, 1.82) is 0 Å². The molecule has 0 radical (unpaired) electrons. The summed E-state index contributed by atoms with van der Waals surface area (Å²) in [7, 11) is 1.49. The summed E-state index contributed by atoms with van der Waals surface area (Å²) >= 11 is 1.01. The van der Waals surface area contributed by atoms with Crippen molar-refractivity contribution in [2.75, 3.05) is 64.1 Å². The molecule has 0 bridgehead atoms. The van der Waals surface area contributed by atoms with Crippen LogP contribution in [0.15, 0.2) is 54.7 Å². The lowest BCUT2D eigenvalue weighted by Gasteiger charge is -2.33. The number of ether oxygens (including phenoxy) is 3. The number of rotatable bonds is 12. The molecule has 4 aromatic rings. The van der Waals surface area contributed by atoms with Gasteiger partial charge in [0.15, 0.2) is 28.9 Å². The summed E-state index contributed by atoms with van der Waals surface area (Å²) in [6.45, 7) is 8.78. The number of aromatic nitrogens is 1. The number of carbonyl (C=O) groups is 2. The minimum absolute atomic E-state index is 0.0248. The zero-order valence-electron chi connectivity index (χ0n) is 27.9. The Morgan fingerprint density at radius 3 is 2.39 bits per heavy atom. The number of hydrazine groups is 1. The van der Waals surface area contributed by atoms with Gasteiger partial charge < -0.3 is 29.3 Å². The number of nitrogens with one attached hydrogen (secondary N) is 2. The van der Waals surface area contributed by atoms with Crippen LogP contribution >= 0.6 is 11.8 Å². The van der Waals surface area contributed by atoms with Crippen LogP contribution in [0.25, 0.3) is 10.9 Å². The van der Waals surface area contributed by atoms with Gasteiger partial charge in [0.1, 0.15) is 22.8 Å². The van der Waals surface area contributed by atoms with Crippen molar-refractivity contribution in [3.63, 3.8) is 0 Å². The lowest BCUT2D eigenvalue weighted by atomic mass is 10.1. The van der Waals surface area contributed by atoms with E-state index in [-0.39, 0.29) is 22.8 Å². The topological polar surface area (TPSA) is 109 Å². The first-order chi connectivity index (χ1) is 24.6. The highest BCUT2D eigenvalue weighted by Gasteiger charge is 2.36. The summed E-state index contributed by atoms with van der Waals surface area (Å²) in [5.41, 5.74) is 2.41. The fourth-order valence-electron chi connectivity index (χ4n) is 5.87. The molecule has 6 rings (SSSR count). The summed E-state index contributed by atoms with van der Waals surface area (Å²) in [6.07, 6.45) is 2.25. The minimum Gasteiger partial charge on any atom is -0.493 e. The number of thioether (sulfide) groups is 1. The normalized spacial score (nSPS) is 16.8. The lowest BCUT2D eigenvalue weighted by Crippen LogP contribution is -2.46. The molecule has 3 amide bonds. The van der Waals surface area contributed by atoms with E-state index in [2.05, 4.69) is 32.5 Å². The number of fused-ring (bicyclic) bond motifs is 1. The van der Waals surface area contributed by atoms with Crippen LogP contribution in [0, 0.1) is 23.3 Å². The average molecular weight is 729 g/mol. The molecule has 2 fully saturated rings.